The Balaban J connectivity index is 1.87. The summed E-state index contributed by atoms with van der Waals surface area (Å²) in [4.78, 5) is 21.3. The zero-order valence-electron chi connectivity index (χ0n) is 14.3. The number of fused-ring (bicyclic) bond motifs is 3. The Labute approximate surface area is 145 Å². The molecule has 0 aliphatic rings. The molecule has 3 aromatic rings. The molecule has 1 aromatic carbocycles. The Bertz CT molecular complexity index is 889. The van der Waals surface area contributed by atoms with E-state index in [0.29, 0.717) is 22.7 Å². The molecule has 1 atom stereocenters. The summed E-state index contributed by atoms with van der Waals surface area (Å²) in [6.45, 7) is 8.04. The van der Waals surface area contributed by atoms with Crippen LogP contribution in [0.1, 0.15) is 26.6 Å². The number of hydrogen-bond donors (Lipinski definition) is 1. The third-order valence-corrected chi connectivity index (χ3v) is 4.91. The first-order chi connectivity index (χ1) is 11.5. The van der Waals surface area contributed by atoms with E-state index in [9.17, 15) is 4.79 Å². The number of aromatic nitrogens is 4. The minimum Gasteiger partial charge on any atom is -0.353 e. The second-order valence-electron chi connectivity index (χ2n) is 6.19. The monoisotopic (exact) mass is 343 g/mol. The fraction of sp³-hybridized carbons (Fsp3) is 0.412. The summed E-state index contributed by atoms with van der Waals surface area (Å²) in [5.41, 5.74) is 1.63. The molecule has 6 nitrogen and oxygen atoms in total. The Morgan fingerprint density at radius 1 is 1.25 bits per heavy atom. The number of thioether (sulfide) groups is 1. The Kier molecular flexibility index (Phi) is 4.71. The number of carbonyl (C=O) groups excluding carboxylic acids is 1. The van der Waals surface area contributed by atoms with E-state index in [2.05, 4.69) is 34.2 Å². The molecule has 3 rings (SSSR count). The van der Waals surface area contributed by atoms with Gasteiger partial charge in [-0.15, -0.1) is 5.10 Å². The van der Waals surface area contributed by atoms with Gasteiger partial charge in [-0.05, 0) is 31.9 Å². The highest BCUT2D eigenvalue weighted by Gasteiger charge is 2.15. The van der Waals surface area contributed by atoms with Crippen molar-refractivity contribution in [3.05, 3.63) is 30.1 Å². The molecule has 126 valence electrons. The van der Waals surface area contributed by atoms with Crippen molar-refractivity contribution in [2.45, 2.75) is 38.9 Å². The van der Waals surface area contributed by atoms with Gasteiger partial charge in [-0.25, -0.2) is 9.97 Å². The lowest BCUT2D eigenvalue weighted by Crippen LogP contribution is -2.37. The van der Waals surface area contributed by atoms with Gasteiger partial charge in [0.2, 0.25) is 5.91 Å². The summed E-state index contributed by atoms with van der Waals surface area (Å²) in [5, 5.41) is 9.06. The van der Waals surface area contributed by atoms with E-state index >= 15 is 0 Å². The minimum atomic E-state index is 0.00106. The highest BCUT2D eigenvalue weighted by Crippen LogP contribution is 2.23. The van der Waals surface area contributed by atoms with Crippen LogP contribution in [0.5, 0.6) is 0 Å². The number of nitrogens with zero attached hydrogens (tertiary/aromatic N) is 4. The molecule has 0 aliphatic heterocycles. The molecule has 0 saturated carbocycles. The third kappa shape index (κ3) is 3.36. The van der Waals surface area contributed by atoms with E-state index in [4.69, 9.17) is 0 Å². The second kappa shape index (κ2) is 6.76. The predicted molar refractivity (Wildman–Crippen MR) is 96.2 cm³/mol. The smallest absolute Gasteiger partial charge is 0.230 e. The molecule has 1 N–H and O–H groups in total. The van der Waals surface area contributed by atoms with Crippen LogP contribution in [-0.2, 0) is 4.79 Å². The van der Waals surface area contributed by atoms with Crippen LogP contribution in [0, 0.1) is 12.8 Å². The number of benzene rings is 1. The van der Waals surface area contributed by atoms with Crippen LogP contribution in [0.4, 0.5) is 0 Å². The number of aryl methyl sites for hydroxylation is 1. The molecule has 0 fully saturated rings. The van der Waals surface area contributed by atoms with Crippen molar-refractivity contribution in [3.63, 3.8) is 0 Å². The summed E-state index contributed by atoms with van der Waals surface area (Å²) in [6.07, 6.45) is 0. The lowest BCUT2D eigenvalue weighted by molar-refractivity contribution is -0.119. The molecule has 0 unspecified atom stereocenters. The maximum Gasteiger partial charge on any atom is 0.230 e. The summed E-state index contributed by atoms with van der Waals surface area (Å²) >= 11 is 1.38. The molecule has 0 aliphatic carbocycles. The quantitative estimate of drug-likeness (QED) is 0.570. The maximum atomic E-state index is 12.1. The highest BCUT2D eigenvalue weighted by atomic mass is 32.2. The van der Waals surface area contributed by atoms with Gasteiger partial charge in [-0.3, -0.25) is 4.79 Å². The van der Waals surface area contributed by atoms with Gasteiger partial charge < -0.3 is 5.32 Å². The van der Waals surface area contributed by atoms with E-state index in [1.165, 1.54) is 11.8 Å². The van der Waals surface area contributed by atoms with E-state index in [1.807, 2.05) is 38.1 Å². The third-order valence-electron chi connectivity index (χ3n) is 3.98. The molecular weight excluding hydrogens is 322 g/mol. The largest absolute Gasteiger partial charge is 0.353 e. The van der Waals surface area contributed by atoms with Crippen LogP contribution in [0.3, 0.4) is 0 Å². The maximum absolute atomic E-state index is 12.1. The first-order valence-electron chi connectivity index (χ1n) is 8.00. The Morgan fingerprint density at radius 2 is 2.00 bits per heavy atom. The Morgan fingerprint density at radius 3 is 2.75 bits per heavy atom. The molecule has 2 aromatic heterocycles. The molecule has 0 spiro atoms. The molecule has 0 bridgehead atoms. The van der Waals surface area contributed by atoms with Crippen molar-refractivity contribution in [1.29, 1.82) is 0 Å². The Hall–Kier alpha value is -2.15. The first-order valence-corrected chi connectivity index (χ1v) is 8.98. The number of amides is 1. The van der Waals surface area contributed by atoms with Crippen molar-refractivity contribution < 1.29 is 4.79 Å². The van der Waals surface area contributed by atoms with E-state index in [-0.39, 0.29) is 11.9 Å². The van der Waals surface area contributed by atoms with E-state index in [1.54, 1.807) is 4.52 Å². The minimum absolute atomic E-state index is 0.00106. The standard InChI is InChI=1S/C17H21N5OS/c1-10(2)11(3)18-15(23)9-24-17-20-14-8-6-5-7-13(14)16-19-12(4)21-22(16)17/h5-8,10-11H,9H2,1-4H3,(H,18,23)/t11-/m0/s1. The van der Waals surface area contributed by atoms with Crippen LogP contribution >= 0.6 is 11.8 Å². The fourth-order valence-electron chi connectivity index (χ4n) is 2.32. The van der Waals surface area contributed by atoms with Gasteiger partial charge in [0.15, 0.2) is 10.8 Å². The zero-order chi connectivity index (χ0) is 17.3. The number of para-hydroxylation sites is 1. The van der Waals surface area contributed by atoms with Crippen molar-refractivity contribution in [2.24, 2.45) is 5.92 Å². The van der Waals surface area contributed by atoms with Crippen molar-refractivity contribution in [1.82, 2.24) is 24.9 Å². The van der Waals surface area contributed by atoms with Crippen LogP contribution in [0.2, 0.25) is 0 Å². The lowest BCUT2D eigenvalue weighted by Gasteiger charge is -2.17. The fourth-order valence-corrected chi connectivity index (χ4v) is 3.08. The first kappa shape index (κ1) is 16.7. The summed E-state index contributed by atoms with van der Waals surface area (Å²) in [6, 6.07) is 7.99. The SMILES string of the molecule is Cc1nc2c3ccccc3nc(SCC(=O)N[C@@H](C)C(C)C)n2n1. The van der Waals surface area contributed by atoms with Crippen LogP contribution < -0.4 is 5.32 Å². The lowest BCUT2D eigenvalue weighted by atomic mass is 10.1. The van der Waals surface area contributed by atoms with Crippen molar-refractivity contribution >= 4 is 34.2 Å². The van der Waals surface area contributed by atoms with E-state index in [0.717, 1.165) is 16.6 Å². The van der Waals surface area contributed by atoms with Gasteiger partial charge in [0.1, 0.15) is 5.82 Å². The van der Waals surface area contributed by atoms with Gasteiger partial charge in [0.25, 0.3) is 0 Å². The molecule has 2 heterocycles. The average Bonchev–Trinajstić information content (AvgIpc) is 2.94. The summed E-state index contributed by atoms with van der Waals surface area (Å²) in [5.74, 6) is 1.40. The average molecular weight is 343 g/mol. The van der Waals surface area contributed by atoms with Crippen molar-refractivity contribution in [2.75, 3.05) is 5.75 Å². The number of hydrogen-bond acceptors (Lipinski definition) is 5. The number of nitrogens with one attached hydrogen (secondary N) is 1. The molecule has 0 saturated heterocycles. The molecule has 0 radical (unpaired) electrons. The second-order valence-corrected chi connectivity index (χ2v) is 7.14. The highest BCUT2D eigenvalue weighted by molar-refractivity contribution is 7.99. The van der Waals surface area contributed by atoms with Gasteiger partial charge in [-0.1, -0.05) is 37.7 Å². The molecule has 24 heavy (non-hydrogen) atoms. The molecule has 1 amide bonds. The van der Waals surface area contributed by atoms with Gasteiger partial charge in [-0.2, -0.15) is 4.52 Å². The molecule has 7 heteroatoms. The van der Waals surface area contributed by atoms with Crippen LogP contribution in [-0.4, -0.2) is 37.3 Å². The molecular formula is C17H21N5OS. The van der Waals surface area contributed by atoms with Crippen molar-refractivity contribution in [3.8, 4) is 0 Å². The van der Waals surface area contributed by atoms with E-state index < -0.39 is 0 Å². The van der Waals surface area contributed by atoms with Gasteiger partial charge in [0, 0.05) is 11.4 Å². The van der Waals surface area contributed by atoms with Crippen LogP contribution in [0.15, 0.2) is 29.4 Å². The number of carbonyl (C=O) groups is 1. The number of rotatable bonds is 5. The summed E-state index contributed by atoms with van der Waals surface area (Å²) in [7, 11) is 0. The normalized spacial score (nSPS) is 12.9. The van der Waals surface area contributed by atoms with Gasteiger partial charge >= 0.3 is 0 Å². The van der Waals surface area contributed by atoms with Crippen LogP contribution in [0.25, 0.3) is 16.6 Å². The topological polar surface area (TPSA) is 72.2 Å². The zero-order valence-corrected chi connectivity index (χ0v) is 15.1. The predicted octanol–water partition coefficient (Wildman–Crippen LogP) is 2.84. The van der Waals surface area contributed by atoms with Gasteiger partial charge in [0.05, 0.1) is 11.3 Å². The summed E-state index contributed by atoms with van der Waals surface area (Å²) < 4.78 is 1.72.